The number of anilines is 1. The summed E-state index contributed by atoms with van der Waals surface area (Å²) in [5.74, 6) is 0.290. The van der Waals surface area contributed by atoms with Crippen LogP contribution < -0.4 is 20.1 Å². The van der Waals surface area contributed by atoms with E-state index in [-0.39, 0.29) is 41.5 Å². The monoisotopic (exact) mass is 619 g/mol. The molecule has 1 heterocycles. The Morgan fingerprint density at radius 1 is 0.952 bits per heavy atom. The van der Waals surface area contributed by atoms with Crippen molar-refractivity contribution in [3.05, 3.63) is 89.2 Å². The summed E-state index contributed by atoms with van der Waals surface area (Å²) in [7, 11) is 0. The topological polar surface area (TPSA) is 107 Å². The molecule has 2 amide bonds. The standard InChI is InChI=1S/C28H25ClF3N5O4S/c1-2-40-22-12-8-20(9-13-22)34-26(39)17-42-27-36-35-24(37(27)21-5-3-4-18(14-21)28(30,31)32)15-33-25(38)16-41-23-10-6-19(29)7-11-23/h3-14H,2,15-17H2,1H3,(H,33,38)(H,34,39). The number of hydrogen-bond acceptors (Lipinski definition) is 7. The van der Waals surface area contributed by atoms with Crippen molar-refractivity contribution in [2.75, 3.05) is 24.3 Å². The van der Waals surface area contributed by atoms with Crippen molar-refractivity contribution in [2.24, 2.45) is 0 Å². The van der Waals surface area contributed by atoms with Gasteiger partial charge in [-0.15, -0.1) is 10.2 Å². The number of halogens is 4. The molecule has 220 valence electrons. The van der Waals surface area contributed by atoms with Crippen LogP contribution in [0, 0.1) is 0 Å². The molecular formula is C28H25ClF3N5O4S. The number of ether oxygens (including phenoxy) is 2. The number of carbonyl (C=O) groups is 2. The molecule has 0 saturated carbocycles. The maximum atomic E-state index is 13.5. The third-order valence-electron chi connectivity index (χ3n) is 5.54. The SMILES string of the molecule is CCOc1ccc(NC(=O)CSc2nnc(CNC(=O)COc3ccc(Cl)cc3)n2-c2cccc(C(F)(F)F)c2)cc1. The van der Waals surface area contributed by atoms with Gasteiger partial charge in [0.1, 0.15) is 11.5 Å². The molecule has 42 heavy (non-hydrogen) atoms. The van der Waals surface area contributed by atoms with Gasteiger partial charge in [0.25, 0.3) is 5.91 Å². The fourth-order valence-corrected chi connectivity index (χ4v) is 4.52. The molecule has 0 unspecified atom stereocenters. The highest BCUT2D eigenvalue weighted by molar-refractivity contribution is 7.99. The molecule has 0 radical (unpaired) electrons. The van der Waals surface area contributed by atoms with Crippen LogP contribution in [0.1, 0.15) is 18.3 Å². The largest absolute Gasteiger partial charge is 0.494 e. The quantitative estimate of drug-likeness (QED) is 0.194. The van der Waals surface area contributed by atoms with Crippen molar-refractivity contribution >= 4 is 40.9 Å². The zero-order valence-corrected chi connectivity index (χ0v) is 23.7. The van der Waals surface area contributed by atoms with Gasteiger partial charge < -0.3 is 20.1 Å². The van der Waals surface area contributed by atoms with Gasteiger partial charge in [0.2, 0.25) is 5.91 Å². The Balaban J connectivity index is 1.46. The molecule has 1 aromatic heterocycles. The first-order valence-corrected chi connectivity index (χ1v) is 13.9. The minimum Gasteiger partial charge on any atom is -0.494 e. The predicted octanol–water partition coefficient (Wildman–Crippen LogP) is 5.76. The number of nitrogens with zero attached hydrogens (tertiary/aromatic N) is 3. The summed E-state index contributed by atoms with van der Waals surface area (Å²) in [4.78, 5) is 25.0. The Morgan fingerprint density at radius 3 is 2.33 bits per heavy atom. The minimum absolute atomic E-state index is 0.106. The van der Waals surface area contributed by atoms with E-state index in [9.17, 15) is 22.8 Å². The van der Waals surface area contributed by atoms with Crippen LogP contribution in [-0.2, 0) is 22.3 Å². The Kier molecular flexibility index (Phi) is 10.3. The lowest BCUT2D eigenvalue weighted by Gasteiger charge is -2.14. The van der Waals surface area contributed by atoms with Crippen molar-refractivity contribution in [3.63, 3.8) is 0 Å². The van der Waals surface area contributed by atoms with Crippen LogP contribution in [0.3, 0.4) is 0 Å². The normalized spacial score (nSPS) is 11.2. The second kappa shape index (κ2) is 14.1. The lowest BCUT2D eigenvalue weighted by molar-refractivity contribution is -0.137. The second-order valence-corrected chi connectivity index (χ2v) is 9.97. The van der Waals surface area contributed by atoms with E-state index in [2.05, 4.69) is 20.8 Å². The van der Waals surface area contributed by atoms with Crippen molar-refractivity contribution in [3.8, 4) is 17.2 Å². The van der Waals surface area contributed by atoms with Crippen LogP contribution in [0.4, 0.5) is 18.9 Å². The summed E-state index contributed by atoms with van der Waals surface area (Å²) in [5.41, 5.74) is -0.206. The van der Waals surface area contributed by atoms with E-state index in [1.807, 2.05) is 6.92 Å². The molecule has 2 N–H and O–H groups in total. The van der Waals surface area contributed by atoms with E-state index in [1.54, 1.807) is 48.5 Å². The summed E-state index contributed by atoms with van der Waals surface area (Å²) >= 11 is 6.83. The fourth-order valence-electron chi connectivity index (χ4n) is 3.63. The van der Waals surface area contributed by atoms with E-state index in [1.165, 1.54) is 16.7 Å². The lowest BCUT2D eigenvalue weighted by Crippen LogP contribution is -2.29. The zero-order chi connectivity index (χ0) is 30.1. The first kappa shape index (κ1) is 30.7. The molecule has 0 aliphatic carbocycles. The van der Waals surface area contributed by atoms with Crippen LogP contribution >= 0.6 is 23.4 Å². The number of rotatable bonds is 12. The van der Waals surface area contributed by atoms with Gasteiger partial charge in [-0.3, -0.25) is 14.2 Å². The van der Waals surface area contributed by atoms with E-state index in [4.69, 9.17) is 21.1 Å². The first-order valence-electron chi connectivity index (χ1n) is 12.5. The average molecular weight is 620 g/mol. The highest BCUT2D eigenvalue weighted by Gasteiger charge is 2.31. The molecule has 0 bridgehead atoms. The van der Waals surface area contributed by atoms with Crippen LogP contribution in [0.15, 0.2) is 78.0 Å². The van der Waals surface area contributed by atoms with Gasteiger partial charge in [0, 0.05) is 10.7 Å². The van der Waals surface area contributed by atoms with Gasteiger partial charge in [-0.2, -0.15) is 13.2 Å². The summed E-state index contributed by atoms with van der Waals surface area (Å²) < 4.78 is 52.5. The molecule has 0 atom stereocenters. The molecule has 9 nitrogen and oxygen atoms in total. The van der Waals surface area contributed by atoms with Gasteiger partial charge in [-0.05, 0) is 73.7 Å². The first-order chi connectivity index (χ1) is 20.1. The maximum absolute atomic E-state index is 13.5. The smallest absolute Gasteiger partial charge is 0.416 e. The maximum Gasteiger partial charge on any atom is 0.416 e. The molecule has 14 heteroatoms. The van der Waals surface area contributed by atoms with E-state index >= 15 is 0 Å². The molecule has 4 aromatic rings. The molecule has 0 spiro atoms. The molecule has 0 fully saturated rings. The van der Waals surface area contributed by atoms with E-state index in [0.717, 1.165) is 23.9 Å². The lowest BCUT2D eigenvalue weighted by atomic mass is 10.2. The van der Waals surface area contributed by atoms with E-state index < -0.39 is 17.6 Å². The molecule has 3 aromatic carbocycles. The predicted molar refractivity (Wildman–Crippen MR) is 152 cm³/mol. The Bertz CT molecular complexity index is 1520. The number of hydrogen-bond donors (Lipinski definition) is 2. The van der Waals surface area contributed by atoms with Gasteiger partial charge >= 0.3 is 6.18 Å². The van der Waals surface area contributed by atoms with Crippen LogP contribution in [0.25, 0.3) is 5.69 Å². The summed E-state index contributed by atoms with van der Waals surface area (Å²) in [6.07, 6.45) is -4.58. The van der Waals surface area contributed by atoms with Crippen molar-refractivity contribution in [1.82, 2.24) is 20.1 Å². The molecule has 0 aliphatic heterocycles. The van der Waals surface area contributed by atoms with Crippen molar-refractivity contribution in [1.29, 1.82) is 0 Å². The highest BCUT2D eigenvalue weighted by Crippen LogP contribution is 2.32. The second-order valence-electron chi connectivity index (χ2n) is 8.60. The number of amides is 2. The third kappa shape index (κ3) is 8.63. The van der Waals surface area contributed by atoms with Gasteiger partial charge in [0.15, 0.2) is 17.6 Å². The Morgan fingerprint density at radius 2 is 1.64 bits per heavy atom. The molecular weight excluding hydrogens is 595 g/mol. The number of thioether (sulfide) groups is 1. The minimum atomic E-state index is -4.58. The number of alkyl halides is 3. The highest BCUT2D eigenvalue weighted by atomic mass is 35.5. The van der Waals surface area contributed by atoms with E-state index in [0.29, 0.717) is 28.8 Å². The summed E-state index contributed by atoms with van der Waals surface area (Å²) in [6.45, 7) is 1.90. The molecule has 0 saturated heterocycles. The Labute approximate surface area is 248 Å². The molecule has 0 aliphatic rings. The van der Waals surface area contributed by atoms with Crippen LogP contribution in [0.2, 0.25) is 5.02 Å². The number of nitrogens with one attached hydrogen (secondary N) is 2. The van der Waals surface area contributed by atoms with Crippen molar-refractivity contribution in [2.45, 2.75) is 24.8 Å². The van der Waals surface area contributed by atoms with Crippen LogP contribution in [0.5, 0.6) is 11.5 Å². The third-order valence-corrected chi connectivity index (χ3v) is 6.72. The fraction of sp³-hybridized carbons (Fsp3) is 0.214. The average Bonchev–Trinajstić information content (AvgIpc) is 3.38. The Hall–Kier alpha value is -4.23. The van der Waals surface area contributed by atoms with Gasteiger partial charge in [0.05, 0.1) is 30.2 Å². The van der Waals surface area contributed by atoms with Gasteiger partial charge in [-0.1, -0.05) is 29.4 Å². The number of carbonyl (C=O) groups excluding carboxylic acids is 2. The van der Waals surface area contributed by atoms with Gasteiger partial charge in [-0.25, -0.2) is 0 Å². The van der Waals surface area contributed by atoms with Crippen LogP contribution in [-0.4, -0.2) is 45.5 Å². The summed E-state index contributed by atoms with van der Waals surface area (Å²) in [5, 5.41) is 14.2. The number of benzene rings is 3. The number of aromatic nitrogens is 3. The molecule has 4 rings (SSSR count). The zero-order valence-electron chi connectivity index (χ0n) is 22.2. The summed E-state index contributed by atoms with van der Waals surface area (Å²) in [6, 6.07) is 17.9. The van der Waals surface area contributed by atoms with Crippen molar-refractivity contribution < 1.29 is 32.2 Å².